The van der Waals surface area contributed by atoms with Crippen LogP contribution in [0.2, 0.25) is 0 Å². The molecule has 1 nitrogen and oxygen atoms in total. The van der Waals surface area contributed by atoms with Gasteiger partial charge in [-0.25, -0.2) is 0 Å². The van der Waals surface area contributed by atoms with Crippen molar-refractivity contribution in [3.05, 3.63) is 0 Å². The van der Waals surface area contributed by atoms with Crippen molar-refractivity contribution < 1.29 is 26.7 Å². The highest BCUT2D eigenvalue weighted by molar-refractivity contribution is 5.88. The van der Waals surface area contributed by atoms with E-state index in [-0.39, 0.29) is 0 Å². The zero-order valence-electron chi connectivity index (χ0n) is 6.38. The molecule has 0 fully saturated rings. The fourth-order valence-corrected chi connectivity index (χ4v) is 0.502. The Balaban J connectivity index is 4.74. The van der Waals surface area contributed by atoms with E-state index in [1.807, 2.05) is 0 Å². The van der Waals surface area contributed by atoms with Crippen LogP contribution in [0.4, 0.5) is 22.0 Å². The van der Waals surface area contributed by atoms with Crippen molar-refractivity contribution in [2.45, 2.75) is 25.9 Å². The van der Waals surface area contributed by atoms with Crippen LogP contribution in [0.5, 0.6) is 0 Å². The number of halogens is 5. The van der Waals surface area contributed by atoms with Crippen molar-refractivity contribution in [1.82, 2.24) is 0 Å². The normalized spacial score (nSPS) is 13.7. The minimum absolute atomic E-state index is 0.988. The van der Waals surface area contributed by atoms with Gasteiger partial charge in [0.2, 0.25) is 5.78 Å². The molecule has 0 heterocycles. The standard InChI is InChI=1S/C6H7F5O/c1-3(2)4(12)5(7,8)6(9,10)11/h3H,1-2H3. The molecule has 0 radical (unpaired) electrons. The lowest BCUT2D eigenvalue weighted by Gasteiger charge is -2.19. The average Bonchev–Trinajstić information content (AvgIpc) is 1.83. The van der Waals surface area contributed by atoms with E-state index in [0.29, 0.717) is 0 Å². The molecule has 0 aromatic rings. The molecular formula is C6H7F5O. The van der Waals surface area contributed by atoms with Crippen molar-refractivity contribution in [1.29, 1.82) is 0 Å². The number of Topliss-reactive ketones (excluding diaryl/α,β-unsaturated/α-hetero) is 1. The summed E-state index contributed by atoms with van der Waals surface area (Å²) >= 11 is 0. The van der Waals surface area contributed by atoms with Crippen molar-refractivity contribution in [3.8, 4) is 0 Å². The van der Waals surface area contributed by atoms with E-state index in [2.05, 4.69) is 0 Å². The number of rotatable bonds is 2. The van der Waals surface area contributed by atoms with Crippen LogP contribution in [0.3, 0.4) is 0 Å². The number of hydrogen-bond acceptors (Lipinski definition) is 1. The highest BCUT2D eigenvalue weighted by Gasteiger charge is 2.63. The van der Waals surface area contributed by atoms with Gasteiger partial charge in [-0.3, -0.25) is 4.79 Å². The number of alkyl halides is 5. The zero-order valence-corrected chi connectivity index (χ0v) is 6.38. The van der Waals surface area contributed by atoms with Crippen LogP contribution in [0, 0.1) is 5.92 Å². The quantitative estimate of drug-likeness (QED) is 0.611. The van der Waals surface area contributed by atoms with E-state index in [9.17, 15) is 26.7 Å². The zero-order chi connectivity index (χ0) is 10.2. The topological polar surface area (TPSA) is 17.1 Å². The lowest BCUT2D eigenvalue weighted by molar-refractivity contribution is -0.270. The van der Waals surface area contributed by atoms with Gasteiger partial charge in [0.25, 0.3) is 0 Å². The third-order valence-electron chi connectivity index (χ3n) is 1.19. The smallest absolute Gasteiger partial charge is 0.292 e. The third-order valence-corrected chi connectivity index (χ3v) is 1.19. The number of carbonyl (C=O) groups excluding carboxylic acids is 1. The van der Waals surface area contributed by atoms with Crippen LogP contribution < -0.4 is 0 Å². The molecule has 0 amide bonds. The largest absolute Gasteiger partial charge is 0.461 e. The highest BCUT2D eigenvalue weighted by atomic mass is 19.4. The Morgan fingerprint density at radius 2 is 1.42 bits per heavy atom. The first-order valence-electron chi connectivity index (χ1n) is 3.09. The van der Waals surface area contributed by atoms with Crippen LogP contribution in [-0.4, -0.2) is 17.9 Å². The molecule has 0 aromatic carbocycles. The third kappa shape index (κ3) is 1.92. The van der Waals surface area contributed by atoms with Gasteiger partial charge in [-0.2, -0.15) is 22.0 Å². The Morgan fingerprint density at radius 1 is 1.08 bits per heavy atom. The summed E-state index contributed by atoms with van der Waals surface area (Å²) < 4.78 is 58.6. The Labute approximate surface area is 65.6 Å². The Hall–Kier alpha value is -0.680. The lowest BCUT2D eigenvalue weighted by Crippen LogP contribution is -2.46. The van der Waals surface area contributed by atoms with Crippen LogP contribution in [-0.2, 0) is 4.79 Å². The molecule has 0 aliphatic heterocycles. The van der Waals surface area contributed by atoms with Crippen molar-refractivity contribution in [2.75, 3.05) is 0 Å². The van der Waals surface area contributed by atoms with Gasteiger partial charge in [0.15, 0.2) is 0 Å². The molecule has 0 saturated heterocycles. The van der Waals surface area contributed by atoms with Gasteiger partial charge < -0.3 is 0 Å². The van der Waals surface area contributed by atoms with Crippen molar-refractivity contribution in [2.24, 2.45) is 5.92 Å². The van der Waals surface area contributed by atoms with Crippen LogP contribution in [0.15, 0.2) is 0 Å². The summed E-state index contributed by atoms with van der Waals surface area (Å²) in [6.45, 7) is 1.98. The number of ketones is 1. The molecule has 0 saturated carbocycles. The van der Waals surface area contributed by atoms with Gasteiger partial charge in [-0.05, 0) is 0 Å². The van der Waals surface area contributed by atoms with E-state index >= 15 is 0 Å². The Kier molecular flexibility index (Phi) is 2.82. The van der Waals surface area contributed by atoms with Gasteiger partial charge in [-0.15, -0.1) is 0 Å². The molecule has 0 spiro atoms. The molecule has 6 heteroatoms. The predicted octanol–water partition coefficient (Wildman–Crippen LogP) is 2.41. The van der Waals surface area contributed by atoms with Crippen molar-refractivity contribution >= 4 is 5.78 Å². The van der Waals surface area contributed by atoms with Gasteiger partial charge in [0.05, 0.1) is 0 Å². The van der Waals surface area contributed by atoms with Gasteiger partial charge >= 0.3 is 12.1 Å². The summed E-state index contributed by atoms with van der Waals surface area (Å²) in [5.41, 5.74) is 0. The van der Waals surface area contributed by atoms with Crippen LogP contribution in [0.25, 0.3) is 0 Å². The fraction of sp³-hybridized carbons (Fsp3) is 0.833. The highest BCUT2D eigenvalue weighted by Crippen LogP contribution is 2.37. The van der Waals surface area contributed by atoms with Gasteiger partial charge in [-0.1, -0.05) is 13.8 Å². The summed E-state index contributed by atoms with van der Waals surface area (Å²) in [7, 11) is 0. The average molecular weight is 190 g/mol. The summed E-state index contributed by atoms with van der Waals surface area (Å²) in [6, 6.07) is 0. The van der Waals surface area contributed by atoms with E-state index < -0.39 is 23.8 Å². The van der Waals surface area contributed by atoms with Crippen LogP contribution >= 0.6 is 0 Å². The maximum atomic E-state index is 12.1. The minimum Gasteiger partial charge on any atom is -0.292 e. The molecule has 0 unspecified atom stereocenters. The SMILES string of the molecule is CC(C)C(=O)C(F)(F)C(F)(F)F. The summed E-state index contributed by atoms with van der Waals surface area (Å²) in [5, 5.41) is 0. The number of carbonyl (C=O) groups is 1. The Morgan fingerprint density at radius 3 is 1.50 bits per heavy atom. The molecule has 0 bridgehead atoms. The molecular weight excluding hydrogens is 183 g/mol. The molecule has 0 aromatic heterocycles. The van der Waals surface area contributed by atoms with Gasteiger partial charge in [0, 0.05) is 5.92 Å². The minimum atomic E-state index is -5.78. The molecule has 72 valence electrons. The van der Waals surface area contributed by atoms with E-state index in [1.165, 1.54) is 0 Å². The van der Waals surface area contributed by atoms with Gasteiger partial charge in [0.1, 0.15) is 0 Å². The lowest BCUT2D eigenvalue weighted by atomic mass is 10.0. The maximum Gasteiger partial charge on any atom is 0.461 e. The van der Waals surface area contributed by atoms with E-state index in [4.69, 9.17) is 0 Å². The fourth-order valence-electron chi connectivity index (χ4n) is 0.502. The summed E-state index contributed by atoms with van der Waals surface area (Å²) in [4.78, 5) is 10.3. The molecule has 0 aliphatic carbocycles. The van der Waals surface area contributed by atoms with E-state index in [1.54, 1.807) is 0 Å². The summed E-state index contributed by atoms with van der Waals surface area (Å²) in [6.07, 6.45) is -5.78. The van der Waals surface area contributed by atoms with Crippen LogP contribution in [0.1, 0.15) is 13.8 Å². The number of hydrogen-bond donors (Lipinski definition) is 0. The van der Waals surface area contributed by atoms with Crippen molar-refractivity contribution in [3.63, 3.8) is 0 Å². The molecule has 12 heavy (non-hydrogen) atoms. The van der Waals surface area contributed by atoms with E-state index in [0.717, 1.165) is 13.8 Å². The monoisotopic (exact) mass is 190 g/mol. The first kappa shape index (κ1) is 11.3. The first-order chi connectivity index (χ1) is 5.10. The summed E-state index contributed by atoms with van der Waals surface area (Å²) in [5.74, 6) is -8.65. The molecule has 0 atom stereocenters. The molecule has 0 rings (SSSR count). The predicted molar refractivity (Wildman–Crippen MR) is 30.8 cm³/mol. The maximum absolute atomic E-state index is 12.1. The second-order valence-corrected chi connectivity index (χ2v) is 2.59. The second kappa shape index (κ2) is 2.99. The molecule has 0 aliphatic rings. The first-order valence-corrected chi connectivity index (χ1v) is 3.09. The Bertz CT molecular complexity index is 181. The molecule has 0 N–H and O–H groups in total. The second-order valence-electron chi connectivity index (χ2n) is 2.59.